The van der Waals surface area contributed by atoms with Gasteiger partial charge in [-0.1, -0.05) is 18.2 Å². The fourth-order valence-electron chi connectivity index (χ4n) is 2.66. The molecule has 1 atom stereocenters. The maximum Gasteiger partial charge on any atom is 0.331 e. The number of aromatic nitrogens is 2. The topological polar surface area (TPSA) is 70.0 Å². The van der Waals surface area contributed by atoms with Gasteiger partial charge in [0.1, 0.15) is 5.69 Å². The van der Waals surface area contributed by atoms with Crippen LogP contribution < -0.4 is 17.0 Å². The number of benzene rings is 1. The van der Waals surface area contributed by atoms with Gasteiger partial charge < -0.3 is 5.73 Å². The summed E-state index contributed by atoms with van der Waals surface area (Å²) in [5, 5.41) is 0. The number of nitrogens with two attached hydrogens (primary N) is 1. The molecule has 0 bridgehead atoms. The van der Waals surface area contributed by atoms with E-state index in [1.165, 1.54) is 25.8 Å². The van der Waals surface area contributed by atoms with Crippen molar-refractivity contribution in [2.24, 2.45) is 0 Å². The predicted octanol–water partition coefficient (Wildman–Crippen LogP) is 1.50. The maximum atomic E-state index is 12.3. The fourth-order valence-corrected chi connectivity index (χ4v) is 3.91. The van der Waals surface area contributed by atoms with Crippen molar-refractivity contribution in [3.05, 3.63) is 56.9 Å². The van der Waals surface area contributed by atoms with E-state index in [2.05, 4.69) is 12.1 Å². The van der Waals surface area contributed by atoms with Crippen molar-refractivity contribution in [3.8, 4) is 0 Å². The quantitative estimate of drug-likeness (QED) is 0.933. The van der Waals surface area contributed by atoms with E-state index < -0.39 is 0 Å². The van der Waals surface area contributed by atoms with Gasteiger partial charge in [0.2, 0.25) is 0 Å². The monoisotopic (exact) mass is 303 g/mol. The van der Waals surface area contributed by atoms with Crippen molar-refractivity contribution >= 4 is 17.4 Å². The SMILES string of the molecule is CCn1cc(N)c(=O)n(CC2CSc3ccccc32)c1=O. The van der Waals surface area contributed by atoms with Crippen LogP contribution in [0, 0.1) is 0 Å². The molecule has 110 valence electrons. The van der Waals surface area contributed by atoms with Crippen LogP contribution in [0.25, 0.3) is 0 Å². The van der Waals surface area contributed by atoms with Gasteiger partial charge in [-0.15, -0.1) is 11.8 Å². The maximum absolute atomic E-state index is 12.3. The van der Waals surface area contributed by atoms with Crippen LogP contribution in [0.1, 0.15) is 18.4 Å². The molecule has 0 saturated heterocycles. The molecule has 21 heavy (non-hydrogen) atoms. The minimum atomic E-state index is -0.390. The Morgan fingerprint density at radius 2 is 2.10 bits per heavy atom. The number of hydrogen-bond acceptors (Lipinski definition) is 4. The second-order valence-electron chi connectivity index (χ2n) is 5.11. The lowest BCUT2D eigenvalue weighted by Gasteiger charge is -2.14. The van der Waals surface area contributed by atoms with Crippen LogP contribution in [0.3, 0.4) is 0 Å². The first-order valence-corrected chi connectivity index (χ1v) is 7.92. The molecule has 0 fully saturated rings. The van der Waals surface area contributed by atoms with E-state index in [-0.39, 0.29) is 22.9 Å². The van der Waals surface area contributed by atoms with Crippen molar-refractivity contribution in [1.82, 2.24) is 9.13 Å². The molecule has 1 aliphatic heterocycles. The first kappa shape index (κ1) is 14.0. The molecule has 1 unspecified atom stereocenters. The highest BCUT2D eigenvalue weighted by molar-refractivity contribution is 7.99. The third kappa shape index (κ3) is 2.40. The smallest absolute Gasteiger partial charge is 0.331 e. The standard InChI is InChI=1S/C15H17N3O2S/c1-2-17-8-12(16)14(19)18(15(17)20)7-10-9-21-13-6-4-3-5-11(10)13/h3-6,8,10H,2,7,9,16H2,1H3. The number of fused-ring (bicyclic) bond motifs is 1. The first-order valence-electron chi connectivity index (χ1n) is 6.93. The van der Waals surface area contributed by atoms with Gasteiger partial charge in [0.15, 0.2) is 0 Å². The molecule has 0 aliphatic carbocycles. The van der Waals surface area contributed by atoms with Gasteiger partial charge in [-0.05, 0) is 18.6 Å². The summed E-state index contributed by atoms with van der Waals surface area (Å²) in [6.45, 7) is 2.74. The van der Waals surface area contributed by atoms with Crippen molar-refractivity contribution < 1.29 is 0 Å². The Morgan fingerprint density at radius 3 is 2.86 bits per heavy atom. The van der Waals surface area contributed by atoms with Gasteiger partial charge in [0.05, 0.1) is 0 Å². The Morgan fingerprint density at radius 1 is 1.33 bits per heavy atom. The average Bonchev–Trinajstić information content (AvgIpc) is 2.90. The zero-order valence-electron chi connectivity index (χ0n) is 11.8. The van der Waals surface area contributed by atoms with Gasteiger partial charge in [0, 0.05) is 35.9 Å². The number of rotatable bonds is 3. The largest absolute Gasteiger partial charge is 0.393 e. The van der Waals surface area contributed by atoms with Gasteiger partial charge in [-0.3, -0.25) is 13.9 Å². The Bertz CT molecular complexity index is 794. The fraction of sp³-hybridized carbons (Fsp3) is 0.333. The summed E-state index contributed by atoms with van der Waals surface area (Å²) in [5.41, 5.74) is 6.39. The van der Waals surface area contributed by atoms with Crippen molar-refractivity contribution in [3.63, 3.8) is 0 Å². The van der Waals surface area contributed by atoms with Crippen LogP contribution in [0.4, 0.5) is 5.69 Å². The highest BCUT2D eigenvalue weighted by Crippen LogP contribution is 2.39. The molecule has 2 N–H and O–H groups in total. The minimum absolute atomic E-state index is 0.121. The molecule has 5 nitrogen and oxygen atoms in total. The minimum Gasteiger partial charge on any atom is -0.393 e. The van der Waals surface area contributed by atoms with E-state index in [1.807, 2.05) is 19.1 Å². The molecule has 0 radical (unpaired) electrons. The van der Waals surface area contributed by atoms with Crippen molar-refractivity contribution in [2.45, 2.75) is 30.8 Å². The third-order valence-corrected chi connectivity index (χ3v) is 5.06. The number of nitrogens with zero attached hydrogens (tertiary/aromatic N) is 2. The molecule has 0 amide bonds. The average molecular weight is 303 g/mol. The molecule has 6 heteroatoms. The van der Waals surface area contributed by atoms with Gasteiger partial charge in [-0.25, -0.2) is 4.79 Å². The van der Waals surface area contributed by atoms with E-state index in [4.69, 9.17) is 5.73 Å². The van der Waals surface area contributed by atoms with Gasteiger partial charge in [-0.2, -0.15) is 0 Å². The Kier molecular flexibility index (Phi) is 3.63. The highest BCUT2D eigenvalue weighted by atomic mass is 32.2. The number of thioether (sulfide) groups is 1. The molecule has 1 aromatic carbocycles. The van der Waals surface area contributed by atoms with Crippen LogP contribution in [-0.2, 0) is 13.1 Å². The van der Waals surface area contributed by atoms with Crippen molar-refractivity contribution in [1.29, 1.82) is 0 Å². The van der Waals surface area contributed by atoms with Crippen LogP contribution in [-0.4, -0.2) is 14.9 Å². The Labute approximate surface area is 126 Å². The molecule has 2 aromatic rings. The number of nitrogen functional groups attached to an aromatic ring is 1. The van der Waals surface area contributed by atoms with Gasteiger partial charge >= 0.3 is 5.69 Å². The Hall–Kier alpha value is -1.95. The molecule has 1 aliphatic rings. The van der Waals surface area contributed by atoms with E-state index in [9.17, 15) is 9.59 Å². The van der Waals surface area contributed by atoms with Crippen LogP contribution in [0.5, 0.6) is 0 Å². The molecule has 0 saturated carbocycles. The van der Waals surface area contributed by atoms with Gasteiger partial charge in [0.25, 0.3) is 5.56 Å². The zero-order chi connectivity index (χ0) is 15.0. The van der Waals surface area contributed by atoms with E-state index >= 15 is 0 Å². The number of hydrogen-bond donors (Lipinski definition) is 1. The molecule has 3 rings (SSSR count). The number of aryl methyl sites for hydroxylation is 1. The number of anilines is 1. The lowest BCUT2D eigenvalue weighted by molar-refractivity contribution is 0.526. The van der Waals surface area contributed by atoms with Crippen LogP contribution >= 0.6 is 11.8 Å². The van der Waals surface area contributed by atoms with Crippen LogP contribution in [0.15, 0.2) is 44.9 Å². The predicted molar refractivity (Wildman–Crippen MR) is 85.0 cm³/mol. The lowest BCUT2D eigenvalue weighted by atomic mass is 10.0. The summed E-state index contributed by atoms with van der Waals surface area (Å²) in [4.78, 5) is 25.7. The van der Waals surface area contributed by atoms with E-state index in [0.717, 1.165) is 5.75 Å². The van der Waals surface area contributed by atoms with E-state index in [1.54, 1.807) is 11.8 Å². The molecule has 0 spiro atoms. The second kappa shape index (κ2) is 5.44. The molecule has 2 heterocycles. The zero-order valence-corrected chi connectivity index (χ0v) is 12.6. The molecular weight excluding hydrogens is 286 g/mol. The summed E-state index contributed by atoms with van der Waals surface area (Å²) >= 11 is 1.77. The van der Waals surface area contributed by atoms with Crippen LogP contribution in [0.2, 0.25) is 0 Å². The summed E-state index contributed by atoms with van der Waals surface area (Å²) < 4.78 is 2.75. The van der Waals surface area contributed by atoms with Crippen molar-refractivity contribution in [2.75, 3.05) is 11.5 Å². The third-order valence-electron chi connectivity index (χ3n) is 3.81. The molecular formula is C15H17N3O2S. The summed E-state index contributed by atoms with van der Waals surface area (Å²) in [6.07, 6.45) is 1.43. The summed E-state index contributed by atoms with van der Waals surface area (Å²) in [7, 11) is 0. The van der Waals surface area contributed by atoms with E-state index in [0.29, 0.717) is 13.1 Å². The summed E-state index contributed by atoms with van der Waals surface area (Å²) in [6, 6.07) is 8.14. The Balaban J connectivity index is 2.02. The normalized spacial score (nSPS) is 16.9. The second-order valence-corrected chi connectivity index (χ2v) is 6.18. The molecule has 1 aromatic heterocycles. The first-order chi connectivity index (χ1) is 10.1. The summed E-state index contributed by atoms with van der Waals surface area (Å²) in [5.74, 6) is 1.05. The highest BCUT2D eigenvalue weighted by Gasteiger charge is 2.24. The lowest BCUT2D eigenvalue weighted by Crippen LogP contribution is -2.41.